The van der Waals surface area contributed by atoms with Gasteiger partial charge in [-0.15, -0.1) is 0 Å². The van der Waals surface area contributed by atoms with Crippen molar-refractivity contribution in [2.75, 3.05) is 11.6 Å². The van der Waals surface area contributed by atoms with Gasteiger partial charge in [0, 0.05) is 11.4 Å². The molecule has 0 radical (unpaired) electrons. The fourth-order valence-electron chi connectivity index (χ4n) is 4.40. The number of aryl methyl sites for hydroxylation is 2. The van der Waals surface area contributed by atoms with Crippen LogP contribution in [0.2, 0.25) is 0 Å². The van der Waals surface area contributed by atoms with E-state index in [1.54, 1.807) is 5.01 Å². The molecule has 0 unspecified atom stereocenters. The van der Waals surface area contributed by atoms with Crippen molar-refractivity contribution < 1.29 is 14.3 Å². The van der Waals surface area contributed by atoms with Crippen molar-refractivity contribution in [1.29, 1.82) is 0 Å². The molecule has 0 aliphatic carbocycles. The monoisotopic (exact) mass is 592 g/mol. The van der Waals surface area contributed by atoms with Crippen LogP contribution in [0.4, 0.5) is 0 Å². The van der Waals surface area contributed by atoms with Crippen LogP contribution in [-0.4, -0.2) is 21.5 Å². The normalized spacial score (nSPS) is 14.7. The van der Waals surface area contributed by atoms with Gasteiger partial charge in [0.25, 0.3) is 5.91 Å². The fourth-order valence-corrected chi connectivity index (χ4v) is 6.22. The number of benzene rings is 3. The van der Waals surface area contributed by atoms with Gasteiger partial charge < -0.3 is 9.47 Å². The number of thioether (sulfide) groups is 1. The van der Waals surface area contributed by atoms with Crippen molar-refractivity contribution in [2.24, 2.45) is 0 Å². The predicted octanol–water partition coefficient (Wildman–Crippen LogP) is 7.54. The first-order valence-electron chi connectivity index (χ1n) is 11.9. The van der Waals surface area contributed by atoms with Crippen LogP contribution in [0.3, 0.4) is 0 Å². The lowest BCUT2D eigenvalue weighted by Gasteiger charge is -2.20. The summed E-state index contributed by atoms with van der Waals surface area (Å²) in [4.78, 5) is 13.9. The summed E-state index contributed by atoms with van der Waals surface area (Å²) in [5.74, 6) is 1.08. The molecule has 1 fully saturated rings. The maximum Gasteiger partial charge on any atom is 0.285 e. The molecule has 5 nitrogen and oxygen atoms in total. The second-order valence-corrected chi connectivity index (χ2v) is 11.1. The number of amides is 1. The average molecular weight is 594 g/mol. The van der Waals surface area contributed by atoms with E-state index in [9.17, 15) is 4.79 Å². The lowest BCUT2D eigenvalue weighted by Crippen LogP contribution is -2.39. The Bertz CT molecular complexity index is 1540. The molecule has 0 spiro atoms. The van der Waals surface area contributed by atoms with Crippen LogP contribution in [0.1, 0.15) is 29.4 Å². The van der Waals surface area contributed by atoms with E-state index in [4.69, 9.17) is 21.7 Å². The Hall–Kier alpha value is -3.07. The second-order valence-electron chi connectivity index (χ2n) is 8.61. The maximum atomic E-state index is 13.3. The number of halogens is 1. The summed E-state index contributed by atoms with van der Waals surface area (Å²) >= 11 is 10.5. The number of thiocarbonyl (C=S) groups is 1. The van der Waals surface area contributed by atoms with Crippen molar-refractivity contribution in [3.05, 3.63) is 98.6 Å². The molecule has 37 heavy (non-hydrogen) atoms. The van der Waals surface area contributed by atoms with Gasteiger partial charge in [-0.1, -0.05) is 54.2 Å². The quantitative estimate of drug-likeness (QED) is 0.164. The Labute approximate surface area is 234 Å². The zero-order chi connectivity index (χ0) is 26.1. The minimum atomic E-state index is -0.150. The molecule has 0 N–H and O–H groups in total. The number of aromatic nitrogens is 1. The van der Waals surface area contributed by atoms with E-state index < -0.39 is 0 Å². The first kappa shape index (κ1) is 25.6. The van der Waals surface area contributed by atoms with Crippen LogP contribution in [-0.2, 0) is 11.4 Å². The third kappa shape index (κ3) is 5.06. The number of ether oxygens (including phenoxy) is 2. The van der Waals surface area contributed by atoms with Crippen molar-refractivity contribution in [3.8, 4) is 11.5 Å². The number of carbonyl (C=O) groups is 1. The summed E-state index contributed by atoms with van der Waals surface area (Å²) < 4.78 is 15.3. The summed E-state index contributed by atoms with van der Waals surface area (Å²) in [5, 5.41) is 3.88. The Morgan fingerprint density at radius 2 is 1.73 bits per heavy atom. The molecular formula is C29H25BrN2O3S2. The van der Waals surface area contributed by atoms with Gasteiger partial charge in [-0.25, -0.2) is 0 Å². The molecule has 0 bridgehead atoms. The number of nitrogens with zero attached hydrogens (tertiary/aromatic N) is 2. The zero-order valence-electron chi connectivity index (χ0n) is 20.7. The highest BCUT2D eigenvalue weighted by molar-refractivity contribution is 9.10. The van der Waals surface area contributed by atoms with E-state index in [1.165, 1.54) is 17.1 Å². The standard InChI is InChI=1S/C29H25BrN2O3S2/c1-4-34-25-15-20(16-26-28(33)32(29(36)37-26)31-18(2)12-13-19(31)3)14-24(30)27(25)35-17-22-10-7-9-21-8-5-6-11-23(21)22/h5-16H,4,17H2,1-3H3/b26-16+. The highest BCUT2D eigenvalue weighted by Gasteiger charge is 2.34. The molecule has 1 saturated heterocycles. The summed E-state index contributed by atoms with van der Waals surface area (Å²) in [6.45, 7) is 6.72. The third-order valence-electron chi connectivity index (χ3n) is 6.09. The van der Waals surface area contributed by atoms with Crippen molar-refractivity contribution in [2.45, 2.75) is 27.4 Å². The van der Waals surface area contributed by atoms with Crippen LogP contribution < -0.4 is 14.5 Å². The van der Waals surface area contributed by atoms with E-state index in [0.29, 0.717) is 33.9 Å². The van der Waals surface area contributed by atoms with Crippen molar-refractivity contribution in [3.63, 3.8) is 0 Å². The van der Waals surface area contributed by atoms with E-state index in [-0.39, 0.29) is 5.91 Å². The number of hydrogen-bond acceptors (Lipinski definition) is 5. The van der Waals surface area contributed by atoms with Gasteiger partial charge in [0.05, 0.1) is 16.0 Å². The first-order chi connectivity index (χ1) is 17.9. The maximum absolute atomic E-state index is 13.3. The third-order valence-corrected chi connectivity index (χ3v) is 7.96. The van der Waals surface area contributed by atoms with E-state index in [0.717, 1.165) is 32.4 Å². The largest absolute Gasteiger partial charge is 0.490 e. The molecule has 1 aliphatic rings. The number of hydrogen-bond donors (Lipinski definition) is 0. The Morgan fingerprint density at radius 3 is 2.49 bits per heavy atom. The van der Waals surface area contributed by atoms with E-state index in [2.05, 4.69) is 40.2 Å². The average Bonchev–Trinajstić information content (AvgIpc) is 3.34. The summed E-state index contributed by atoms with van der Waals surface area (Å²) in [5.41, 5.74) is 3.80. The summed E-state index contributed by atoms with van der Waals surface area (Å²) in [7, 11) is 0. The predicted molar refractivity (Wildman–Crippen MR) is 159 cm³/mol. The molecule has 0 atom stereocenters. The van der Waals surface area contributed by atoms with Gasteiger partial charge in [0.1, 0.15) is 6.61 Å². The highest BCUT2D eigenvalue weighted by Crippen LogP contribution is 2.40. The number of rotatable bonds is 7. The summed E-state index contributed by atoms with van der Waals surface area (Å²) in [6, 6.07) is 22.2. The topological polar surface area (TPSA) is 43.7 Å². The van der Waals surface area contributed by atoms with Gasteiger partial charge in [-0.2, -0.15) is 5.01 Å². The summed E-state index contributed by atoms with van der Waals surface area (Å²) in [6.07, 6.45) is 1.84. The number of fused-ring (bicyclic) bond motifs is 1. The van der Waals surface area contributed by atoms with Crippen LogP contribution >= 0.6 is 39.9 Å². The van der Waals surface area contributed by atoms with E-state index >= 15 is 0 Å². The van der Waals surface area contributed by atoms with Crippen LogP contribution in [0, 0.1) is 13.8 Å². The smallest absolute Gasteiger partial charge is 0.285 e. The van der Waals surface area contributed by atoms with Gasteiger partial charge in [-0.3, -0.25) is 9.47 Å². The van der Waals surface area contributed by atoms with E-state index in [1.807, 2.05) is 74.0 Å². The van der Waals surface area contributed by atoms with Gasteiger partial charge in [0.15, 0.2) is 15.8 Å². The molecule has 5 rings (SSSR count). The molecule has 1 aromatic heterocycles. The first-order valence-corrected chi connectivity index (χ1v) is 13.9. The minimum absolute atomic E-state index is 0.150. The fraction of sp³-hybridized carbons (Fsp3) is 0.172. The second kappa shape index (κ2) is 10.7. The molecular weight excluding hydrogens is 568 g/mol. The molecule has 3 aromatic carbocycles. The molecule has 0 saturated carbocycles. The van der Waals surface area contributed by atoms with Crippen LogP contribution in [0.25, 0.3) is 16.8 Å². The van der Waals surface area contributed by atoms with Crippen LogP contribution in [0.5, 0.6) is 11.5 Å². The Morgan fingerprint density at radius 1 is 1.00 bits per heavy atom. The lowest BCUT2D eigenvalue weighted by molar-refractivity contribution is -0.114. The van der Waals surface area contributed by atoms with Crippen LogP contribution in [0.15, 0.2) is 76.1 Å². The van der Waals surface area contributed by atoms with Gasteiger partial charge >= 0.3 is 0 Å². The minimum Gasteiger partial charge on any atom is -0.490 e. The Balaban J connectivity index is 1.43. The molecule has 2 heterocycles. The molecule has 1 aliphatic heterocycles. The number of carbonyl (C=O) groups excluding carboxylic acids is 1. The van der Waals surface area contributed by atoms with Gasteiger partial charge in [-0.05, 0) is 101 Å². The molecule has 188 valence electrons. The molecule has 8 heteroatoms. The lowest BCUT2D eigenvalue weighted by atomic mass is 10.1. The molecule has 4 aromatic rings. The zero-order valence-corrected chi connectivity index (χ0v) is 23.9. The van der Waals surface area contributed by atoms with Gasteiger partial charge in [0.2, 0.25) is 0 Å². The Kier molecular flexibility index (Phi) is 7.42. The SMILES string of the molecule is CCOc1cc(/C=C2/SC(=S)N(n3c(C)ccc3C)C2=O)cc(Br)c1OCc1cccc2ccccc12. The molecule has 1 amide bonds. The van der Waals surface area contributed by atoms with Crippen molar-refractivity contribution >= 4 is 67.0 Å². The highest BCUT2D eigenvalue weighted by atomic mass is 79.9. The van der Waals surface area contributed by atoms with Crippen molar-refractivity contribution in [1.82, 2.24) is 4.68 Å².